The van der Waals surface area contributed by atoms with E-state index in [1.165, 1.54) is 5.56 Å². The molecule has 6 heteroatoms. The van der Waals surface area contributed by atoms with Crippen molar-refractivity contribution in [1.29, 1.82) is 0 Å². The monoisotopic (exact) mass is 383 g/mol. The Morgan fingerprint density at radius 2 is 1.52 bits per heavy atom. The minimum absolute atomic E-state index is 0.320. The predicted octanol–water partition coefficient (Wildman–Crippen LogP) is 4.27. The Morgan fingerprint density at radius 1 is 0.926 bits per heavy atom. The Bertz CT molecular complexity index is 1060. The maximum Gasteiger partial charge on any atom is 0.263 e. The van der Waals surface area contributed by atoms with Crippen molar-refractivity contribution in [2.24, 2.45) is 0 Å². The normalized spacial score (nSPS) is 11.6. The summed E-state index contributed by atoms with van der Waals surface area (Å²) in [4.78, 5) is 0.341. The molecule has 1 heterocycles. The van der Waals surface area contributed by atoms with Crippen molar-refractivity contribution < 1.29 is 8.42 Å². The van der Waals surface area contributed by atoms with Gasteiger partial charge < -0.3 is 0 Å². The number of hydrogen-bond acceptors (Lipinski definition) is 3. The first-order valence-corrected chi connectivity index (χ1v) is 10.3. The largest absolute Gasteiger partial charge is 0.266 e. The van der Waals surface area contributed by atoms with E-state index >= 15 is 0 Å². The maximum absolute atomic E-state index is 13.0. The summed E-state index contributed by atoms with van der Waals surface area (Å²) in [5.41, 5.74) is 5.77. The van der Waals surface area contributed by atoms with Crippen LogP contribution in [0.2, 0.25) is 0 Å². The number of anilines is 1. The fraction of sp³-hybridized carbons (Fsp3) is 0.286. The maximum atomic E-state index is 13.0. The molecule has 2 aromatic carbocycles. The third-order valence-electron chi connectivity index (χ3n) is 4.91. The zero-order chi connectivity index (χ0) is 19.8. The van der Waals surface area contributed by atoms with Crippen molar-refractivity contribution >= 4 is 15.8 Å². The standard InChI is InChI=1S/C21H25N3O2S/c1-14-6-8-19(9-7-14)13-24-11-10-20(22-24)23-27(25,26)21-17(4)15(2)12-16(3)18(21)5/h6-12H,13H2,1-5H3,(H,22,23). The van der Waals surface area contributed by atoms with Crippen LogP contribution in [0, 0.1) is 34.6 Å². The van der Waals surface area contributed by atoms with Crippen molar-refractivity contribution in [2.75, 3.05) is 4.72 Å². The van der Waals surface area contributed by atoms with E-state index in [4.69, 9.17) is 0 Å². The molecule has 3 aromatic rings. The molecule has 0 spiro atoms. The Balaban J connectivity index is 1.86. The van der Waals surface area contributed by atoms with Crippen LogP contribution in [0.3, 0.4) is 0 Å². The van der Waals surface area contributed by atoms with Gasteiger partial charge in [-0.25, -0.2) is 8.42 Å². The highest BCUT2D eigenvalue weighted by molar-refractivity contribution is 7.92. The third kappa shape index (κ3) is 4.06. The van der Waals surface area contributed by atoms with E-state index in [1.54, 1.807) is 16.9 Å². The Hall–Kier alpha value is -2.60. The van der Waals surface area contributed by atoms with Crippen LogP contribution < -0.4 is 4.72 Å². The molecule has 0 radical (unpaired) electrons. The van der Waals surface area contributed by atoms with Gasteiger partial charge >= 0.3 is 0 Å². The number of sulfonamides is 1. The molecule has 142 valence electrons. The van der Waals surface area contributed by atoms with E-state index in [-0.39, 0.29) is 0 Å². The quantitative estimate of drug-likeness (QED) is 0.715. The summed E-state index contributed by atoms with van der Waals surface area (Å²) in [6.45, 7) is 10.2. The molecule has 5 nitrogen and oxygen atoms in total. The minimum Gasteiger partial charge on any atom is -0.266 e. The number of rotatable bonds is 5. The first-order valence-electron chi connectivity index (χ1n) is 8.86. The molecule has 3 rings (SSSR count). The molecule has 0 atom stereocenters. The molecule has 0 unspecified atom stereocenters. The lowest BCUT2D eigenvalue weighted by Gasteiger charge is -2.15. The van der Waals surface area contributed by atoms with Crippen molar-refractivity contribution in [3.8, 4) is 0 Å². The summed E-state index contributed by atoms with van der Waals surface area (Å²) in [5.74, 6) is 0.320. The fourth-order valence-corrected chi connectivity index (χ4v) is 4.77. The Morgan fingerprint density at radius 3 is 2.11 bits per heavy atom. The third-order valence-corrected chi connectivity index (χ3v) is 6.54. The average Bonchev–Trinajstić information content (AvgIpc) is 3.01. The zero-order valence-electron chi connectivity index (χ0n) is 16.4. The number of nitrogens with zero attached hydrogens (tertiary/aromatic N) is 2. The Labute approximate surface area is 161 Å². The van der Waals surface area contributed by atoms with Gasteiger partial charge in [0.05, 0.1) is 11.4 Å². The molecule has 1 N–H and O–H groups in total. The lowest BCUT2D eigenvalue weighted by molar-refractivity contribution is 0.599. The molecule has 0 bridgehead atoms. The summed E-state index contributed by atoms with van der Waals surface area (Å²) in [6, 6.07) is 11.9. The van der Waals surface area contributed by atoms with Gasteiger partial charge in [-0.3, -0.25) is 9.40 Å². The second-order valence-electron chi connectivity index (χ2n) is 7.08. The highest BCUT2D eigenvalue weighted by Gasteiger charge is 2.23. The molecule has 0 aliphatic heterocycles. The summed E-state index contributed by atoms with van der Waals surface area (Å²) in [5, 5.41) is 4.37. The lowest BCUT2D eigenvalue weighted by Crippen LogP contribution is -2.17. The predicted molar refractivity (Wildman–Crippen MR) is 109 cm³/mol. The molecule has 27 heavy (non-hydrogen) atoms. The van der Waals surface area contributed by atoms with Crippen molar-refractivity contribution in [3.63, 3.8) is 0 Å². The summed E-state index contributed by atoms with van der Waals surface area (Å²) in [6.07, 6.45) is 1.78. The second kappa shape index (κ2) is 7.19. The molecular formula is C21H25N3O2S. The average molecular weight is 384 g/mol. The number of aryl methyl sites for hydroxylation is 3. The fourth-order valence-electron chi connectivity index (χ4n) is 3.16. The molecule has 0 amide bonds. The second-order valence-corrected chi connectivity index (χ2v) is 8.70. The highest BCUT2D eigenvalue weighted by Crippen LogP contribution is 2.27. The van der Waals surface area contributed by atoms with Crippen LogP contribution in [-0.2, 0) is 16.6 Å². The van der Waals surface area contributed by atoms with Crippen LogP contribution in [0.15, 0.2) is 47.5 Å². The van der Waals surface area contributed by atoms with Crippen LogP contribution in [0.5, 0.6) is 0 Å². The number of hydrogen-bond donors (Lipinski definition) is 1. The van der Waals surface area contributed by atoms with Crippen LogP contribution in [-0.4, -0.2) is 18.2 Å². The smallest absolute Gasteiger partial charge is 0.263 e. The summed E-state index contributed by atoms with van der Waals surface area (Å²) in [7, 11) is -3.71. The van der Waals surface area contributed by atoms with Crippen molar-refractivity contribution in [3.05, 3.63) is 76.0 Å². The SMILES string of the molecule is Cc1ccc(Cn2ccc(NS(=O)(=O)c3c(C)c(C)cc(C)c3C)n2)cc1. The van der Waals surface area contributed by atoms with E-state index in [1.807, 2.05) is 65.0 Å². The van der Waals surface area contributed by atoms with E-state index < -0.39 is 10.0 Å². The minimum atomic E-state index is -3.71. The number of nitrogens with one attached hydrogen (secondary N) is 1. The van der Waals surface area contributed by atoms with Gasteiger partial charge in [0.15, 0.2) is 5.82 Å². The topological polar surface area (TPSA) is 64.0 Å². The van der Waals surface area contributed by atoms with Crippen LogP contribution >= 0.6 is 0 Å². The lowest BCUT2D eigenvalue weighted by atomic mass is 10.0. The van der Waals surface area contributed by atoms with Gasteiger partial charge in [0.2, 0.25) is 0 Å². The number of benzene rings is 2. The van der Waals surface area contributed by atoms with E-state index in [2.05, 4.69) is 9.82 Å². The molecule has 1 aromatic heterocycles. The van der Waals surface area contributed by atoms with Gasteiger partial charge in [-0.2, -0.15) is 5.10 Å². The number of aromatic nitrogens is 2. The van der Waals surface area contributed by atoms with Gasteiger partial charge in [0.1, 0.15) is 0 Å². The first kappa shape index (κ1) is 19.2. The molecule has 0 aliphatic rings. The molecule has 0 aliphatic carbocycles. The summed E-state index contributed by atoms with van der Waals surface area (Å²) < 4.78 is 30.3. The highest BCUT2D eigenvalue weighted by atomic mass is 32.2. The van der Waals surface area contributed by atoms with Crippen molar-refractivity contribution in [1.82, 2.24) is 9.78 Å². The first-order chi connectivity index (χ1) is 12.7. The van der Waals surface area contributed by atoms with Gasteiger partial charge in [-0.1, -0.05) is 35.9 Å². The molecule has 0 saturated carbocycles. The molecule has 0 saturated heterocycles. The van der Waals surface area contributed by atoms with Crippen LogP contribution in [0.25, 0.3) is 0 Å². The molecule has 0 fully saturated rings. The molecular weight excluding hydrogens is 358 g/mol. The Kier molecular flexibility index (Phi) is 5.11. The van der Waals surface area contributed by atoms with E-state index in [0.717, 1.165) is 27.8 Å². The van der Waals surface area contributed by atoms with E-state index in [0.29, 0.717) is 17.3 Å². The van der Waals surface area contributed by atoms with Gasteiger partial charge in [-0.05, 0) is 62.4 Å². The zero-order valence-corrected chi connectivity index (χ0v) is 17.2. The van der Waals surface area contributed by atoms with Gasteiger partial charge in [0, 0.05) is 12.3 Å². The van der Waals surface area contributed by atoms with Crippen LogP contribution in [0.4, 0.5) is 5.82 Å². The van der Waals surface area contributed by atoms with Gasteiger partial charge in [0.25, 0.3) is 10.0 Å². The van der Waals surface area contributed by atoms with Crippen LogP contribution in [0.1, 0.15) is 33.4 Å². The van der Waals surface area contributed by atoms with Crippen molar-refractivity contribution in [2.45, 2.75) is 46.1 Å². The van der Waals surface area contributed by atoms with Gasteiger partial charge in [-0.15, -0.1) is 0 Å². The van der Waals surface area contributed by atoms with E-state index in [9.17, 15) is 8.42 Å². The summed E-state index contributed by atoms with van der Waals surface area (Å²) >= 11 is 0.